The van der Waals surface area contributed by atoms with Crippen LogP contribution in [0.2, 0.25) is 0 Å². The third-order valence-electron chi connectivity index (χ3n) is 3.87. The Morgan fingerprint density at radius 1 is 0.656 bits per heavy atom. The summed E-state index contributed by atoms with van der Waals surface area (Å²) in [5.74, 6) is -2.55. The molecule has 0 saturated carbocycles. The van der Waals surface area contributed by atoms with E-state index in [4.69, 9.17) is 38.6 Å². The van der Waals surface area contributed by atoms with Gasteiger partial charge in [0.1, 0.15) is 13.6 Å². The van der Waals surface area contributed by atoms with E-state index in [-0.39, 0.29) is 90.8 Å². The molecule has 12 heteroatoms. The Morgan fingerprint density at radius 2 is 1.16 bits per heavy atom. The summed E-state index contributed by atoms with van der Waals surface area (Å²) in [6.45, 7) is 0.609. The quantitative estimate of drug-likeness (QED) is 0.152. The number of ether oxygens (including phenoxy) is 6. The average molecular weight is 462 g/mol. The predicted octanol–water partition coefficient (Wildman–Crippen LogP) is 0.0822. The van der Waals surface area contributed by atoms with Gasteiger partial charge in [0.05, 0.1) is 77.2 Å². The van der Waals surface area contributed by atoms with Gasteiger partial charge in [0.2, 0.25) is 0 Å². The van der Waals surface area contributed by atoms with Crippen molar-refractivity contribution in [2.45, 2.75) is 13.2 Å². The maximum atomic E-state index is 11.7. The van der Waals surface area contributed by atoms with Crippen molar-refractivity contribution in [2.24, 2.45) is 0 Å². The molecule has 0 radical (unpaired) electrons. The Kier molecular flexibility index (Phi) is 15.2. The van der Waals surface area contributed by atoms with Crippen molar-refractivity contribution < 1.29 is 58.4 Å². The number of hydrogen-bond donors (Lipinski definition) is 4. The normalized spacial score (nSPS) is 11.1. The Bertz CT molecular complexity index is 679. The topological polar surface area (TPSA) is 170 Å². The lowest BCUT2D eigenvalue weighted by molar-refractivity contribution is -0.0782. The maximum Gasteiger partial charge on any atom is 0.336 e. The van der Waals surface area contributed by atoms with Crippen LogP contribution in [0.15, 0.2) is 12.1 Å². The van der Waals surface area contributed by atoms with Crippen molar-refractivity contribution in [3.8, 4) is 0 Å². The van der Waals surface area contributed by atoms with E-state index in [0.717, 1.165) is 6.07 Å². The van der Waals surface area contributed by atoms with Crippen molar-refractivity contribution in [3.05, 3.63) is 34.4 Å². The molecule has 0 atom stereocenters. The fraction of sp³-hybridized carbons (Fsp3) is 0.600. The number of hydrogen-bond acceptors (Lipinski definition) is 10. The van der Waals surface area contributed by atoms with Crippen LogP contribution in [0.3, 0.4) is 0 Å². The lowest BCUT2D eigenvalue weighted by atomic mass is 9.98. The van der Waals surface area contributed by atoms with Gasteiger partial charge in [0.15, 0.2) is 0 Å². The van der Waals surface area contributed by atoms with E-state index in [1.807, 2.05) is 0 Å². The molecule has 1 rings (SSSR count). The van der Waals surface area contributed by atoms with Crippen molar-refractivity contribution in [2.75, 3.05) is 66.4 Å². The lowest BCUT2D eigenvalue weighted by Gasteiger charge is -2.15. The van der Waals surface area contributed by atoms with E-state index in [1.165, 1.54) is 6.07 Å². The first-order valence-electron chi connectivity index (χ1n) is 9.81. The highest BCUT2D eigenvalue weighted by Crippen LogP contribution is 2.21. The first-order chi connectivity index (χ1) is 15.5. The molecular formula is C20H30O12. The smallest absolute Gasteiger partial charge is 0.336 e. The van der Waals surface area contributed by atoms with Crippen molar-refractivity contribution in [1.82, 2.24) is 0 Å². The molecule has 0 aliphatic carbocycles. The van der Waals surface area contributed by atoms with Gasteiger partial charge in [-0.25, -0.2) is 9.59 Å². The number of rotatable bonds is 20. The Hall–Kier alpha value is -2.16. The third-order valence-corrected chi connectivity index (χ3v) is 3.87. The second-order valence-corrected chi connectivity index (χ2v) is 6.19. The Morgan fingerprint density at radius 3 is 1.66 bits per heavy atom. The van der Waals surface area contributed by atoms with Crippen LogP contribution in [0.25, 0.3) is 0 Å². The third kappa shape index (κ3) is 11.5. The van der Waals surface area contributed by atoms with Gasteiger partial charge in [-0.1, -0.05) is 0 Å². The maximum absolute atomic E-state index is 11.7. The van der Waals surface area contributed by atoms with Gasteiger partial charge >= 0.3 is 11.9 Å². The van der Waals surface area contributed by atoms with Gasteiger partial charge in [-0.05, 0) is 23.3 Å². The molecule has 0 aromatic heterocycles. The van der Waals surface area contributed by atoms with Crippen LogP contribution in [0.1, 0.15) is 31.8 Å². The second-order valence-electron chi connectivity index (χ2n) is 6.19. The molecule has 4 N–H and O–H groups in total. The van der Waals surface area contributed by atoms with Crippen molar-refractivity contribution >= 4 is 11.9 Å². The highest BCUT2D eigenvalue weighted by atomic mass is 16.7. The summed E-state index contributed by atoms with van der Waals surface area (Å²) < 4.78 is 31.1. The fourth-order valence-corrected chi connectivity index (χ4v) is 2.42. The molecule has 0 unspecified atom stereocenters. The van der Waals surface area contributed by atoms with Crippen molar-refractivity contribution in [1.29, 1.82) is 0 Å². The number of aromatic carboxylic acids is 2. The largest absolute Gasteiger partial charge is 0.478 e. The SMILES string of the molecule is O=C(O)c1cc(COCCOCOCCO)c(COCCOCOCCO)c(C(=O)O)c1. The summed E-state index contributed by atoms with van der Waals surface area (Å²) in [5.41, 5.74) is 0.296. The molecule has 0 heterocycles. The molecule has 0 saturated heterocycles. The molecule has 0 amide bonds. The van der Waals surface area contributed by atoms with E-state index in [0.29, 0.717) is 11.1 Å². The highest BCUT2D eigenvalue weighted by molar-refractivity contribution is 5.95. The molecular weight excluding hydrogens is 432 g/mol. The Balaban J connectivity index is 2.67. The summed E-state index contributed by atoms with van der Waals surface area (Å²) >= 11 is 0. The van der Waals surface area contributed by atoms with Crippen LogP contribution in [0, 0.1) is 0 Å². The van der Waals surface area contributed by atoms with Gasteiger partial charge in [-0.3, -0.25) is 0 Å². The predicted molar refractivity (Wildman–Crippen MR) is 107 cm³/mol. The van der Waals surface area contributed by atoms with Crippen LogP contribution in [0.4, 0.5) is 0 Å². The summed E-state index contributed by atoms with van der Waals surface area (Å²) in [6.07, 6.45) is 0. The van der Waals surface area contributed by atoms with E-state index < -0.39 is 11.9 Å². The summed E-state index contributed by atoms with van der Waals surface area (Å²) in [6, 6.07) is 2.42. The van der Waals surface area contributed by atoms with Gasteiger partial charge in [-0.15, -0.1) is 0 Å². The molecule has 0 aliphatic rings. The lowest BCUT2D eigenvalue weighted by Crippen LogP contribution is -2.15. The average Bonchev–Trinajstić information content (AvgIpc) is 2.77. The summed E-state index contributed by atoms with van der Waals surface area (Å²) in [4.78, 5) is 23.1. The number of benzene rings is 1. The minimum absolute atomic E-state index is 0.00617. The van der Waals surface area contributed by atoms with Crippen molar-refractivity contribution in [3.63, 3.8) is 0 Å². The number of aliphatic hydroxyl groups excluding tert-OH is 2. The minimum atomic E-state index is -1.29. The zero-order valence-corrected chi connectivity index (χ0v) is 17.7. The molecule has 1 aromatic carbocycles. The standard InChI is InChI=1S/C20H30O12/c21-1-3-29-13-31-7-5-27-11-16-9-15(19(23)24)10-17(20(25)26)18(16)12-28-6-8-32-14-30-4-2-22/h9-10,21-22H,1-8,11-14H2,(H,23,24)(H,25,26). The number of aliphatic hydroxyl groups is 2. The molecule has 0 bridgehead atoms. The summed E-state index contributed by atoms with van der Waals surface area (Å²) in [5, 5.41) is 36.0. The van der Waals surface area contributed by atoms with E-state index in [2.05, 4.69) is 0 Å². The number of carboxylic acid groups (broad SMARTS) is 2. The molecule has 32 heavy (non-hydrogen) atoms. The minimum Gasteiger partial charge on any atom is -0.478 e. The molecule has 0 fully saturated rings. The van der Waals surface area contributed by atoms with Crippen LogP contribution in [-0.4, -0.2) is 98.8 Å². The highest BCUT2D eigenvalue weighted by Gasteiger charge is 2.19. The second kappa shape index (κ2) is 17.4. The van der Waals surface area contributed by atoms with Crippen LogP contribution < -0.4 is 0 Å². The van der Waals surface area contributed by atoms with Crippen LogP contribution >= 0.6 is 0 Å². The Labute approximate surface area is 185 Å². The zero-order valence-electron chi connectivity index (χ0n) is 17.7. The first kappa shape index (κ1) is 27.9. The number of carbonyl (C=O) groups is 2. The van der Waals surface area contributed by atoms with Gasteiger partial charge in [-0.2, -0.15) is 0 Å². The molecule has 0 aliphatic heterocycles. The van der Waals surface area contributed by atoms with Gasteiger partial charge in [0, 0.05) is 0 Å². The van der Waals surface area contributed by atoms with E-state index in [9.17, 15) is 19.8 Å². The monoisotopic (exact) mass is 462 g/mol. The van der Waals surface area contributed by atoms with Crippen LogP contribution in [-0.2, 0) is 41.6 Å². The van der Waals surface area contributed by atoms with Gasteiger partial charge < -0.3 is 48.8 Å². The molecule has 1 aromatic rings. The molecule has 0 spiro atoms. The molecule has 182 valence electrons. The fourth-order valence-electron chi connectivity index (χ4n) is 2.42. The number of carboxylic acids is 2. The summed E-state index contributed by atoms with van der Waals surface area (Å²) in [7, 11) is 0. The van der Waals surface area contributed by atoms with E-state index in [1.54, 1.807) is 0 Å². The van der Waals surface area contributed by atoms with Crippen LogP contribution in [0.5, 0.6) is 0 Å². The first-order valence-corrected chi connectivity index (χ1v) is 9.81. The van der Waals surface area contributed by atoms with E-state index >= 15 is 0 Å². The zero-order chi connectivity index (χ0) is 23.6. The molecule has 12 nitrogen and oxygen atoms in total. The van der Waals surface area contributed by atoms with Gasteiger partial charge in [0.25, 0.3) is 0 Å².